The molecule has 4 nitrogen and oxygen atoms in total. The van der Waals surface area contributed by atoms with Crippen LogP contribution in [-0.4, -0.2) is 35.0 Å². The molecule has 1 aromatic heterocycles. The van der Waals surface area contributed by atoms with Gasteiger partial charge in [0, 0.05) is 32.1 Å². The first kappa shape index (κ1) is 18.2. The molecule has 0 atom stereocenters. The van der Waals surface area contributed by atoms with Crippen LogP contribution in [0.25, 0.3) is 11.1 Å². The predicted octanol–water partition coefficient (Wildman–Crippen LogP) is 4.36. The van der Waals surface area contributed by atoms with Crippen LogP contribution in [-0.2, 0) is 11.2 Å². The summed E-state index contributed by atoms with van der Waals surface area (Å²) in [6.07, 6.45) is 5.78. The average molecular weight is 372 g/mol. The van der Waals surface area contributed by atoms with Gasteiger partial charge in [0.1, 0.15) is 11.9 Å². The number of hydrogen-bond donors (Lipinski definition) is 0. The molecular weight excluding hydrogens is 348 g/mol. The van der Waals surface area contributed by atoms with E-state index in [1.807, 2.05) is 35.2 Å². The predicted molar refractivity (Wildman–Crippen MR) is 110 cm³/mol. The van der Waals surface area contributed by atoms with E-state index >= 15 is 0 Å². The first-order chi connectivity index (χ1) is 13.8. The number of carbonyl (C=O) groups excluding carboxylic acids is 1. The first-order valence-corrected chi connectivity index (χ1v) is 9.77. The van der Waals surface area contributed by atoms with Crippen molar-refractivity contribution in [1.82, 2.24) is 9.88 Å². The fraction of sp³-hybridized carbons (Fsp3) is 0.250. The first-order valence-electron chi connectivity index (χ1n) is 9.77. The van der Waals surface area contributed by atoms with Crippen LogP contribution in [0.2, 0.25) is 0 Å². The zero-order chi connectivity index (χ0) is 19.2. The van der Waals surface area contributed by atoms with Crippen molar-refractivity contribution < 1.29 is 9.53 Å². The van der Waals surface area contributed by atoms with Gasteiger partial charge < -0.3 is 9.64 Å². The van der Waals surface area contributed by atoms with Crippen LogP contribution in [0.3, 0.4) is 0 Å². The van der Waals surface area contributed by atoms with Gasteiger partial charge in [-0.05, 0) is 28.8 Å². The highest BCUT2D eigenvalue weighted by atomic mass is 16.5. The highest BCUT2D eigenvalue weighted by Gasteiger charge is 2.24. The zero-order valence-corrected chi connectivity index (χ0v) is 15.8. The van der Waals surface area contributed by atoms with Gasteiger partial charge in [0.15, 0.2) is 0 Å². The molecule has 28 heavy (non-hydrogen) atoms. The summed E-state index contributed by atoms with van der Waals surface area (Å²) in [6.45, 7) is 1.48. The highest BCUT2D eigenvalue weighted by Crippen LogP contribution is 2.21. The van der Waals surface area contributed by atoms with Gasteiger partial charge in [0.05, 0.1) is 12.6 Å². The van der Waals surface area contributed by atoms with E-state index in [9.17, 15) is 4.79 Å². The molecule has 3 aromatic rings. The maximum Gasteiger partial charge on any atom is 0.226 e. The number of piperidine rings is 1. The molecule has 0 unspecified atom stereocenters. The summed E-state index contributed by atoms with van der Waals surface area (Å²) in [5.41, 5.74) is 3.42. The Bertz CT molecular complexity index is 887. The molecule has 4 heteroatoms. The minimum Gasteiger partial charge on any atom is -0.489 e. The lowest BCUT2D eigenvalue weighted by atomic mass is 10.0. The lowest BCUT2D eigenvalue weighted by Gasteiger charge is -2.32. The fourth-order valence-electron chi connectivity index (χ4n) is 3.56. The van der Waals surface area contributed by atoms with E-state index < -0.39 is 0 Å². The van der Waals surface area contributed by atoms with Crippen LogP contribution < -0.4 is 4.74 Å². The SMILES string of the molecule is O=C(Cc1ccc(-c2ccccc2)cc1)N1CCC(Oc2cccnc2)CC1. The Balaban J connectivity index is 1.29. The molecule has 1 amide bonds. The second kappa shape index (κ2) is 8.70. The van der Waals surface area contributed by atoms with Crippen LogP contribution in [0.1, 0.15) is 18.4 Å². The third kappa shape index (κ3) is 4.58. The summed E-state index contributed by atoms with van der Waals surface area (Å²) in [7, 11) is 0. The minimum absolute atomic E-state index is 0.151. The minimum atomic E-state index is 0.151. The molecule has 1 aliphatic heterocycles. The fourth-order valence-corrected chi connectivity index (χ4v) is 3.56. The van der Waals surface area contributed by atoms with Crippen molar-refractivity contribution in [3.63, 3.8) is 0 Å². The summed E-state index contributed by atoms with van der Waals surface area (Å²) < 4.78 is 5.96. The van der Waals surface area contributed by atoms with Crippen molar-refractivity contribution in [2.45, 2.75) is 25.4 Å². The number of pyridine rings is 1. The molecule has 1 fully saturated rings. The number of ether oxygens (including phenoxy) is 1. The summed E-state index contributed by atoms with van der Waals surface area (Å²) in [5.74, 6) is 0.984. The topological polar surface area (TPSA) is 42.4 Å². The Morgan fingerprint density at radius 1 is 0.929 bits per heavy atom. The quantitative estimate of drug-likeness (QED) is 0.668. The molecular formula is C24H24N2O2. The lowest BCUT2D eigenvalue weighted by Crippen LogP contribution is -2.42. The van der Waals surface area contributed by atoms with Gasteiger partial charge in [-0.15, -0.1) is 0 Å². The molecule has 0 radical (unpaired) electrons. The standard InChI is InChI=1S/C24H24N2O2/c27-24(17-19-8-10-21(11-9-19)20-5-2-1-3-6-20)26-15-12-22(13-16-26)28-23-7-4-14-25-18-23/h1-11,14,18,22H,12-13,15-17H2. The van der Waals surface area contributed by atoms with E-state index in [1.54, 1.807) is 12.4 Å². The van der Waals surface area contributed by atoms with E-state index in [2.05, 4.69) is 41.4 Å². The Labute approximate surface area is 165 Å². The Hall–Kier alpha value is -3.14. The molecule has 0 N–H and O–H groups in total. The van der Waals surface area contributed by atoms with Gasteiger partial charge in [0.25, 0.3) is 0 Å². The van der Waals surface area contributed by atoms with E-state index in [0.717, 1.165) is 37.2 Å². The Morgan fingerprint density at radius 2 is 1.64 bits per heavy atom. The van der Waals surface area contributed by atoms with Crippen LogP contribution in [0.5, 0.6) is 5.75 Å². The molecule has 0 aliphatic carbocycles. The van der Waals surface area contributed by atoms with E-state index in [0.29, 0.717) is 6.42 Å². The number of likely N-dealkylation sites (tertiary alicyclic amines) is 1. The van der Waals surface area contributed by atoms with Crippen LogP contribution in [0, 0.1) is 0 Å². The molecule has 1 saturated heterocycles. The molecule has 2 aromatic carbocycles. The molecule has 142 valence electrons. The van der Waals surface area contributed by atoms with Crippen molar-refractivity contribution in [2.75, 3.05) is 13.1 Å². The number of carbonyl (C=O) groups is 1. The summed E-state index contributed by atoms with van der Waals surface area (Å²) in [4.78, 5) is 18.7. The number of hydrogen-bond acceptors (Lipinski definition) is 3. The van der Waals surface area contributed by atoms with Gasteiger partial charge in [-0.3, -0.25) is 9.78 Å². The third-order valence-corrected chi connectivity index (χ3v) is 5.15. The van der Waals surface area contributed by atoms with Gasteiger partial charge in [0.2, 0.25) is 5.91 Å². The van der Waals surface area contributed by atoms with Crippen LogP contribution in [0.4, 0.5) is 0 Å². The largest absolute Gasteiger partial charge is 0.489 e. The number of aromatic nitrogens is 1. The second-order valence-electron chi connectivity index (χ2n) is 7.13. The van der Waals surface area contributed by atoms with Crippen molar-refractivity contribution in [2.24, 2.45) is 0 Å². The molecule has 2 heterocycles. The molecule has 0 bridgehead atoms. The number of rotatable bonds is 5. The lowest BCUT2D eigenvalue weighted by molar-refractivity contribution is -0.132. The van der Waals surface area contributed by atoms with Crippen LogP contribution in [0.15, 0.2) is 79.1 Å². The zero-order valence-electron chi connectivity index (χ0n) is 15.8. The van der Waals surface area contributed by atoms with Crippen molar-refractivity contribution in [1.29, 1.82) is 0 Å². The van der Waals surface area contributed by atoms with Crippen molar-refractivity contribution in [3.8, 4) is 16.9 Å². The highest BCUT2D eigenvalue weighted by molar-refractivity contribution is 5.79. The smallest absolute Gasteiger partial charge is 0.226 e. The van der Waals surface area contributed by atoms with Gasteiger partial charge >= 0.3 is 0 Å². The van der Waals surface area contributed by atoms with Gasteiger partial charge in [-0.1, -0.05) is 54.6 Å². The summed E-state index contributed by atoms with van der Waals surface area (Å²) >= 11 is 0. The summed E-state index contributed by atoms with van der Waals surface area (Å²) in [6, 6.07) is 22.4. The number of benzene rings is 2. The number of nitrogens with zero attached hydrogens (tertiary/aromatic N) is 2. The third-order valence-electron chi connectivity index (χ3n) is 5.15. The maximum atomic E-state index is 12.7. The van der Waals surface area contributed by atoms with Crippen molar-refractivity contribution >= 4 is 5.91 Å². The normalized spacial score (nSPS) is 14.6. The average Bonchev–Trinajstić information content (AvgIpc) is 2.76. The Kier molecular flexibility index (Phi) is 5.66. The molecule has 4 rings (SSSR count). The van der Waals surface area contributed by atoms with E-state index in [-0.39, 0.29) is 12.0 Å². The number of amides is 1. The van der Waals surface area contributed by atoms with Gasteiger partial charge in [-0.2, -0.15) is 0 Å². The second-order valence-corrected chi connectivity index (χ2v) is 7.13. The van der Waals surface area contributed by atoms with E-state index in [4.69, 9.17) is 4.74 Å². The summed E-state index contributed by atoms with van der Waals surface area (Å²) in [5, 5.41) is 0. The van der Waals surface area contributed by atoms with E-state index in [1.165, 1.54) is 11.1 Å². The maximum absolute atomic E-state index is 12.7. The van der Waals surface area contributed by atoms with Crippen molar-refractivity contribution in [3.05, 3.63) is 84.7 Å². The van der Waals surface area contributed by atoms with Gasteiger partial charge in [-0.25, -0.2) is 0 Å². The Morgan fingerprint density at radius 3 is 2.32 bits per heavy atom. The van der Waals surface area contributed by atoms with Crippen LogP contribution >= 0.6 is 0 Å². The monoisotopic (exact) mass is 372 g/mol. The molecule has 0 saturated carbocycles. The molecule has 1 aliphatic rings. The molecule has 0 spiro atoms.